The number of β-lactam (4-membered cyclic amide) rings is 1. The summed E-state index contributed by atoms with van der Waals surface area (Å²) in [4.78, 5) is 49.7. The number of ether oxygens (including phenoxy) is 2. The van der Waals surface area contributed by atoms with Gasteiger partial charge in [-0.25, -0.2) is 14.5 Å². The first kappa shape index (κ1) is 18.1. The number of alkyl halides is 1. The highest BCUT2D eigenvalue weighted by molar-refractivity contribution is 9.10. The van der Waals surface area contributed by atoms with Crippen molar-refractivity contribution in [1.29, 1.82) is 0 Å². The SMILES string of the molecule is CCOC(=O)N(C=O)C1C(=O)N2C(C(=O)OC)C(C)(Br)CS[C@H]12. The Morgan fingerprint density at radius 1 is 1.57 bits per heavy atom. The van der Waals surface area contributed by atoms with Crippen LogP contribution >= 0.6 is 27.7 Å². The maximum atomic E-state index is 12.5. The number of esters is 1. The number of hydrogen-bond donors (Lipinski definition) is 0. The molecule has 0 spiro atoms. The van der Waals surface area contributed by atoms with Crippen LogP contribution in [-0.4, -0.2) is 75.4 Å². The summed E-state index contributed by atoms with van der Waals surface area (Å²) in [5, 5.41) is -0.494. The van der Waals surface area contributed by atoms with Crippen LogP contribution in [0.4, 0.5) is 4.79 Å². The number of methoxy groups -OCH3 is 1. The van der Waals surface area contributed by atoms with Crippen molar-refractivity contribution in [3.05, 3.63) is 0 Å². The second kappa shape index (κ2) is 6.68. The molecule has 2 rings (SSSR count). The molecule has 3 amide bonds. The van der Waals surface area contributed by atoms with Gasteiger partial charge in [0.1, 0.15) is 11.4 Å². The van der Waals surface area contributed by atoms with E-state index in [0.29, 0.717) is 5.75 Å². The third-order valence-electron chi connectivity index (χ3n) is 3.75. The standard InChI is InChI=1S/C13H17BrN2O6S/c1-4-22-12(20)15(6-17)7-9(18)16-8(11(19)21-3)13(2,14)5-23-10(7)16/h6-8,10H,4-5H2,1-3H3/t7?,8?,10-,13?/m1/s1. The van der Waals surface area contributed by atoms with Gasteiger partial charge in [-0.1, -0.05) is 15.9 Å². The Hall–Kier alpha value is -1.29. The second-order valence-corrected chi connectivity index (χ2v) is 8.22. The predicted molar refractivity (Wildman–Crippen MR) is 84.9 cm³/mol. The number of imide groups is 1. The van der Waals surface area contributed by atoms with E-state index in [-0.39, 0.29) is 13.0 Å². The summed E-state index contributed by atoms with van der Waals surface area (Å²) in [5.41, 5.74) is 0. The maximum absolute atomic E-state index is 12.5. The summed E-state index contributed by atoms with van der Waals surface area (Å²) in [6, 6.07) is -1.79. The topological polar surface area (TPSA) is 93.2 Å². The van der Waals surface area contributed by atoms with E-state index in [9.17, 15) is 19.2 Å². The number of hydrogen-bond acceptors (Lipinski definition) is 7. The Morgan fingerprint density at radius 2 is 2.22 bits per heavy atom. The zero-order valence-corrected chi connectivity index (χ0v) is 15.3. The van der Waals surface area contributed by atoms with Crippen LogP contribution in [0, 0.1) is 0 Å². The second-order valence-electron chi connectivity index (χ2n) is 5.31. The minimum atomic E-state index is -0.965. The van der Waals surface area contributed by atoms with Crippen molar-refractivity contribution in [2.75, 3.05) is 19.5 Å². The van der Waals surface area contributed by atoms with Crippen LogP contribution in [0.1, 0.15) is 13.8 Å². The molecular weight excluding hydrogens is 392 g/mol. The molecule has 0 aromatic heterocycles. The number of halogens is 1. The van der Waals surface area contributed by atoms with Crippen molar-refractivity contribution in [3.8, 4) is 0 Å². The number of nitrogens with zero attached hydrogens (tertiary/aromatic N) is 2. The summed E-state index contributed by atoms with van der Waals surface area (Å²) < 4.78 is 8.92. The molecule has 0 radical (unpaired) electrons. The highest BCUT2D eigenvalue weighted by atomic mass is 79.9. The average Bonchev–Trinajstić information content (AvgIpc) is 2.51. The Bertz CT molecular complexity index is 543. The van der Waals surface area contributed by atoms with Crippen LogP contribution in [0.3, 0.4) is 0 Å². The van der Waals surface area contributed by atoms with Gasteiger partial charge in [0, 0.05) is 5.75 Å². The first-order chi connectivity index (χ1) is 10.8. The Labute approximate surface area is 145 Å². The first-order valence-electron chi connectivity index (χ1n) is 6.91. The molecule has 3 unspecified atom stereocenters. The van der Waals surface area contributed by atoms with Gasteiger partial charge in [0.2, 0.25) is 6.41 Å². The van der Waals surface area contributed by atoms with E-state index < -0.39 is 39.8 Å². The van der Waals surface area contributed by atoms with Gasteiger partial charge in [-0.2, -0.15) is 0 Å². The maximum Gasteiger partial charge on any atom is 0.417 e. The van der Waals surface area contributed by atoms with E-state index in [1.165, 1.54) is 23.8 Å². The first-order valence-corrected chi connectivity index (χ1v) is 8.75. The lowest BCUT2D eigenvalue weighted by Gasteiger charge is -2.57. The monoisotopic (exact) mass is 408 g/mol. The quantitative estimate of drug-likeness (QED) is 0.290. The summed E-state index contributed by atoms with van der Waals surface area (Å²) in [5.74, 6) is -0.522. The highest BCUT2D eigenvalue weighted by Gasteiger charge is 2.63. The fourth-order valence-corrected chi connectivity index (χ4v) is 4.95. The summed E-state index contributed by atoms with van der Waals surface area (Å²) in [6.45, 7) is 3.49. The number of fused-ring (bicyclic) bond motifs is 1. The van der Waals surface area contributed by atoms with Gasteiger partial charge in [-0.15, -0.1) is 11.8 Å². The summed E-state index contributed by atoms with van der Waals surface area (Å²) >= 11 is 4.85. The predicted octanol–water partition coefficient (Wildman–Crippen LogP) is 0.580. The van der Waals surface area contributed by atoms with Crippen LogP contribution in [0.25, 0.3) is 0 Å². The van der Waals surface area contributed by atoms with Crippen LogP contribution in [0.15, 0.2) is 0 Å². The van der Waals surface area contributed by atoms with Crippen molar-refractivity contribution >= 4 is 52.1 Å². The Kier molecular flexibility index (Phi) is 5.24. The Morgan fingerprint density at radius 3 is 2.74 bits per heavy atom. The van der Waals surface area contributed by atoms with Crippen molar-refractivity contribution in [2.24, 2.45) is 0 Å². The molecule has 2 fully saturated rings. The third kappa shape index (κ3) is 2.93. The fourth-order valence-electron chi connectivity index (χ4n) is 2.68. The van der Waals surface area contributed by atoms with Crippen molar-refractivity contribution in [3.63, 3.8) is 0 Å². The molecule has 0 aliphatic carbocycles. The van der Waals surface area contributed by atoms with Crippen LogP contribution in [0.5, 0.6) is 0 Å². The van der Waals surface area contributed by atoms with Crippen LogP contribution in [0.2, 0.25) is 0 Å². The smallest absolute Gasteiger partial charge is 0.417 e. The molecule has 0 saturated carbocycles. The molecule has 2 aliphatic heterocycles. The molecule has 8 nitrogen and oxygen atoms in total. The summed E-state index contributed by atoms with van der Waals surface area (Å²) in [6.07, 6.45) is -0.587. The van der Waals surface area contributed by atoms with E-state index in [2.05, 4.69) is 15.9 Å². The fraction of sp³-hybridized carbons (Fsp3) is 0.692. The highest BCUT2D eigenvalue weighted by Crippen LogP contribution is 2.47. The zero-order chi connectivity index (χ0) is 17.4. The molecular formula is C13H17BrN2O6S. The number of rotatable bonds is 4. The van der Waals surface area contributed by atoms with E-state index >= 15 is 0 Å². The van der Waals surface area contributed by atoms with Gasteiger partial charge >= 0.3 is 12.1 Å². The molecule has 23 heavy (non-hydrogen) atoms. The van der Waals surface area contributed by atoms with Crippen molar-refractivity contribution < 1.29 is 28.7 Å². The molecule has 10 heteroatoms. The number of carbonyl (C=O) groups is 4. The van der Waals surface area contributed by atoms with Crippen LogP contribution < -0.4 is 0 Å². The van der Waals surface area contributed by atoms with Gasteiger partial charge in [0.25, 0.3) is 5.91 Å². The normalized spacial score (nSPS) is 32.4. The largest absolute Gasteiger partial charge is 0.467 e. The molecule has 2 heterocycles. The third-order valence-corrected chi connectivity index (χ3v) is 6.43. The Balaban J connectivity index is 2.25. The lowest BCUT2D eigenvalue weighted by Crippen LogP contribution is -2.78. The van der Waals surface area contributed by atoms with Gasteiger partial charge < -0.3 is 14.4 Å². The molecule has 0 bridgehead atoms. The molecule has 2 saturated heterocycles. The van der Waals surface area contributed by atoms with Crippen molar-refractivity contribution in [2.45, 2.75) is 35.6 Å². The van der Waals surface area contributed by atoms with E-state index in [4.69, 9.17) is 9.47 Å². The number of amides is 3. The number of thioether (sulfide) groups is 1. The van der Waals surface area contributed by atoms with Crippen LogP contribution in [-0.2, 0) is 23.9 Å². The summed E-state index contributed by atoms with van der Waals surface area (Å²) in [7, 11) is 1.25. The number of carbonyl (C=O) groups excluding carboxylic acids is 4. The lowest BCUT2D eigenvalue weighted by atomic mass is 9.94. The van der Waals surface area contributed by atoms with E-state index in [1.807, 2.05) is 0 Å². The van der Waals surface area contributed by atoms with E-state index in [1.54, 1.807) is 13.8 Å². The van der Waals surface area contributed by atoms with Gasteiger partial charge in [-0.3, -0.25) is 9.59 Å². The lowest BCUT2D eigenvalue weighted by molar-refractivity contribution is -0.169. The molecule has 0 N–H and O–H groups in total. The van der Waals surface area contributed by atoms with Gasteiger partial charge in [0.05, 0.1) is 18.0 Å². The van der Waals surface area contributed by atoms with Gasteiger partial charge in [-0.05, 0) is 13.8 Å². The minimum Gasteiger partial charge on any atom is -0.467 e. The molecule has 2 aliphatic rings. The molecule has 128 valence electrons. The van der Waals surface area contributed by atoms with E-state index in [0.717, 1.165) is 4.90 Å². The molecule has 0 aromatic rings. The molecule has 0 aromatic carbocycles. The average molecular weight is 409 g/mol. The van der Waals surface area contributed by atoms with Crippen molar-refractivity contribution in [1.82, 2.24) is 9.80 Å². The van der Waals surface area contributed by atoms with Gasteiger partial charge in [0.15, 0.2) is 6.04 Å². The zero-order valence-electron chi connectivity index (χ0n) is 12.9. The minimum absolute atomic E-state index is 0.0931. The molecule has 4 atom stereocenters.